The first-order valence-corrected chi connectivity index (χ1v) is 17.5. The fourth-order valence-electron chi connectivity index (χ4n) is 7.53. The van der Waals surface area contributed by atoms with Crippen LogP contribution in [0.4, 0.5) is 4.79 Å². The number of carbonyl (C=O) groups excluding carboxylic acids is 5. The van der Waals surface area contributed by atoms with Crippen molar-refractivity contribution in [3.8, 4) is 5.75 Å². The van der Waals surface area contributed by atoms with Gasteiger partial charge in [-0.2, -0.15) is 0 Å². The Hall–Kier alpha value is -4.20. The number of ketones is 1. The van der Waals surface area contributed by atoms with Crippen LogP contribution in [0.3, 0.4) is 0 Å². The minimum absolute atomic E-state index is 0.0296. The summed E-state index contributed by atoms with van der Waals surface area (Å²) in [5.74, 6) is -2.14. The Morgan fingerprint density at radius 3 is 2.22 bits per heavy atom. The molecule has 2 saturated carbocycles. The summed E-state index contributed by atoms with van der Waals surface area (Å²) in [7, 11) is 4.42. The molecule has 5 rings (SSSR count). The molecule has 0 aromatic heterocycles. The second-order valence-electron chi connectivity index (χ2n) is 14.6. The van der Waals surface area contributed by atoms with Crippen LogP contribution in [0, 0.1) is 19.8 Å². The first kappa shape index (κ1) is 37.1. The van der Waals surface area contributed by atoms with E-state index in [2.05, 4.69) is 21.1 Å². The topological polar surface area (TPSA) is 174 Å². The maximum atomic E-state index is 14.6. The van der Waals surface area contributed by atoms with Crippen LogP contribution in [0.25, 0.3) is 0 Å². The van der Waals surface area contributed by atoms with Gasteiger partial charge in [0.2, 0.25) is 17.6 Å². The monoisotopic (exact) mass is 697 g/mol. The molecule has 1 aromatic rings. The van der Waals surface area contributed by atoms with E-state index in [1.807, 2.05) is 26.0 Å². The quantitative estimate of drug-likeness (QED) is 0.278. The molecule has 14 heteroatoms. The second-order valence-corrected chi connectivity index (χ2v) is 14.6. The van der Waals surface area contributed by atoms with Crippen LogP contribution in [-0.4, -0.2) is 103 Å². The number of nitrogens with one attached hydrogen (secondary N) is 3. The number of hydrogen-bond acceptors (Lipinski definition) is 10. The third kappa shape index (κ3) is 7.59. The number of alkyl carbamates (subject to hydrolysis) is 1. The molecule has 4 amide bonds. The Morgan fingerprint density at radius 1 is 1.00 bits per heavy atom. The fourth-order valence-corrected chi connectivity index (χ4v) is 7.53. The lowest BCUT2D eigenvalue weighted by atomic mass is 9.78. The summed E-state index contributed by atoms with van der Waals surface area (Å²) in [6, 6.07) is 0.520. The zero-order valence-corrected chi connectivity index (χ0v) is 30.2. The highest BCUT2D eigenvalue weighted by molar-refractivity contribution is 6.38. The summed E-state index contributed by atoms with van der Waals surface area (Å²) in [5.41, 5.74) is 1.06. The van der Waals surface area contributed by atoms with E-state index in [9.17, 15) is 24.0 Å². The minimum atomic E-state index is -1.24. The first-order chi connectivity index (χ1) is 23.7. The maximum Gasteiger partial charge on any atom is 0.408 e. The molecule has 0 unspecified atom stereocenters. The van der Waals surface area contributed by atoms with Crippen molar-refractivity contribution in [3.63, 3.8) is 0 Å². The molecule has 3 fully saturated rings. The fraction of sp³-hybridized carbons (Fsp3) is 0.667. The Kier molecular flexibility index (Phi) is 11.1. The number of likely N-dealkylation sites (tertiary alicyclic amines) is 1. The molecule has 0 radical (unpaired) electrons. The third-order valence-corrected chi connectivity index (χ3v) is 10.8. The average Bonchev–Trinajstić information content (AvgIpc) is 3.82. The molecular formula is C36H51N5O9. The molecule has 4 atom stereocenters. The van der Waals surface area contributed by atoms with Crippen molar-refractivity contribution in [1.82, 2.24) is 20.9 Å². The van der Waals surface area contributed by atoms with E-state index in [0.717, 1.165) is 54.5 Å². The smallest absolute Gasteiger partial charge is 0.408 e. The number of amides is 4. The summed E-state index contributed by atoms with van der Waals surface area (Å²) in [5, 5.41) is 12.4. The number of methoxy groups -OCH3 is 2. The number of aryl methyl sites for hydroxylation is 2. The van der Waals surface area contributed by atoms with E-state index in [-0.39, 0.29) is 25.0 Å². The van der Waals surface area contributed by atoms with Gasteiger partial charge in [0.1, 0.15) is 30.0 Å². The van der Waals surface area contributed by atoms with Crippen LogP contribution in [0.1, 0.15) is 88.3 Å². The van der Waals surface area contributed by atoms with Gasteiger partial charge in [-0.1, -0.05) is 11.6 Å². The average molecular weight is 698 g/mol. The van der Waals surface area contributed by atoms with E-state index in [0.29, 0.717) is 25.0 Å². The number of nitrogens with zero attached hydrogens (tertiary/aromatic N) is 2. The van der Waals surface area contributed by atoms with Crippen molar-refractivity contribution < 1.29 is 43.0 Å². The van der Waals surface area contributed by atoms with Crippen LogP contribution in [0.15, 0.2) is 17.3 Å². The van der Waals surface area contributed by atoms with Crippen molar-refractivity contribution in [2.24, 2.45) is 11.1 Å². The van der Waals surface area contributed by atoms with Gasteiger partial charge in [0.05, 0.1) is 25.0 Å². The number of ether oxygens (including phenoxy) is 3. The molecule has 50 heavy (non-hydrogen) atoms. The van der Waals surface area contributed by atoms with Gasteiger partial charge in [-0.05, 0) is 95.4 Å². The van der Waals surface area contributed by atoms with Gasteiger partial charge >= 0.3 is 6.09 Å². The van der Waals surface area contributed by atoms with E-state index in [4.69, 9.17) is 19.0 Å². The Morgan fingerprint density at radius 2 is 1.66 bits per heavy atom. The summed E-state index contributed by atoms with van der Waals surface area (Å²) >= 11 is 0. The van der Waals surface area contributed by atoms with E-state index in [1.54, 1.807) is 21.0 Å². The molecule has 1 saturated heterocycles. The van der Waals surface area contributed by atoms with E-state index in [1.165, 1.54) is 19.1 Å². The number of carbonyl (C=O) groups is 5. The van der Waals surface area contributed by atoms with Gasteiger partial charge in [-0.15, -0.1) is 0 Å². The number of benzene rings is 1. The third-order valence-electron chi connectivity index (χ3n) is 10.8. The van der Waals surface area contributed by atoms with Crippen LogP contribution >= 0.6 is 0 Å². The SMILES string of the molecule is CNC(=O)C(=O)[C@@H](NC(=O)[C@@H]1C[C@]2(CC(c3cc(C)c(OC)c(C)c3)=NO2)CN1C(=O)[C@@H](NC(=O)OC1CCCC1)C(C)(C)OC)C1CCC1. The summed E-state index contributed by atoms with van der Waals surface area (Å²) < 4.78 is 16.9. The van der Waals surface area contributed by atoms with Gasteiger partial charge < -0.3 is 39.9 Å². The number of likely N-dealkylation sites (N-methyl/N-ethyl adjacent to an activating group) is 1. The summed E-state index contributed by atoms with van der Waals surface area (Å²) in [4.78, 5) is 75.0. The van der Waals surface area contributed by atoms with Crippen molar-refractivity contribution in [2.75, 3.05) is 27.8 Å². The molecule has 3 N–H and O–H groups in total. The molecule has 2 aliphatic heterocycles. The summed E-state index contributed by atoms with van der Waals surface area (Å²) in [6.45, 7) is 7.20. The highest BCUT2D eigenvalue weighted by atomic mass is 16.7. The predicted molar refractivity (Wildman–Crippen MR) is 183 cm³/mol. The molecule has 1 aromatic carbocycles. The standard InChI is InChI=1S/C36H51N5O9/c1-20-15-23(16-21(2)29(20)47-6)25-17-36(50-40-25)18-26(31(43)38-27(22-11-10-12-22)28(42)32(44)37-5)41(19-36)33(45)30(35(3,4)48-7)39-34(46)49-24-13-8-9-14-24/h15-16,22,24,26-27,30H,8-14,17-19H2,1-7H3,(H,37,44)(H,38,43)(H,39,46)/t26-,27-,30+,36+/m0/s1. The van der Waals surface area contributed by atoms with Crippen molar-refractivity contribution in [1.29, 1.82) is 0 Å². The first-order valence-electron chi connectivity index (χ1n) is 17.5. The number of hydrogen-bond donors (Lipinski definition) is 3. The van der Waals surface area contributed by atoms with Crippen molar-refractivity contribution in [3.05, 3.63) is 28.8 Å². The van der Waals surface area contributed by atoms with E-state index >= 15 is 0 Å². The van der Waals surface area contributed by atoms with Crippen LogP contribution in [0.5, 0.6) is 5.75 Å². The minimum Gasteiger partial charge on any atom is -0.496 e. The zero-order valence-electron chi connectivity index (χ0n) is 30.2. The maximum absolute atomic E-state index is 14.6. The predicted octanol–water partition coefficient (Wildman–Crippen LogP) is 2.84. The zero-order chi connectivity index (χ0) is 36.4. The van der Waals surface area contributed by atoms with Crippen LogP contribution in [0.2, 0.25) is 0 Å². The normalized spacial score (nSPS) is 23.4. The lowest BCUT2D eigenvalue weighted by Crippen LogP contribution is -2.62. The molecule has 274 valence electrons. The highest BCUT2D eigenvalue weighted by Gasteiger charge is 2.56. The molecule has 4 aliphatic rings. The Bertz CT molecular complexity index is 1510. The lowest BCUT2D eigenvalue weighted by molar-refractivity contribution is -0.147. The van der Waals surface area contributed by atoms with Crippen molar-refractivity contribution in [2.45, 2.75) is 121 Å². The molecule has 2 heterocycles. The molecule has 2 aliphatic carbocycles. The van der Waals surface area contributed by atoms with E-state index < -0.39 is 58.9 Å². The Labute approximate surface area is 293 Å². The molecule has 1 spiro atoms. The van der Waals surface area contributed by atoms with Crippen LogP contribution < -0.4 is 20.7 Å². The lowest BCUT2D eigenvalue weighted by Gasteiger charge is -2.37. The van der Waals surface area contributed by atoms with Crippen molar-refractivity contribution >= 4 is 35.3 Å². The van der Waals surface area contributed by atoms with Gasteiger partial charge in [0, 0.05) is 32.6 Å². The number of oxime groups is 1. The van der Waals surface area contributed by atoms with Gasteiger partial charge in [-0.3, -0.25) is 19.2 Å². The van der Waals surface area contributed by atoms with Gasteiger partial charge in [0.25, 0.3) is 5.91 Å². The number of Topliss-reactive ketones (excluding diaryl/α,β-unsaturated/α-hetero) is 1. The number of rotatable bonds is 12. The largest absolute Gasteiger partial charge is 0.496 e. The van der Waals surface area contributed by atoms with Crippen LogP contribution in [-0.2, 0) is 33.5 Å². The highest BCUT2D eigenvalue weighted by Crippen LogP contribution is 2.41. The van der Waals surface area contributed by atoms with Gasteiger partial charge in [0.15, 0.2) is 5.60 Å². The molecular weight excluding hydrogens is 646 g/mol. The molecule has 0 bridgehead atoms. The summed E-state index contributed by atoms with van der Waals surface area (Å²) in [6.07, 6.45) is 5.04. The second kappa shape index (κ2) is 15.0. The Balaban J connectivity index is 1.44. The van der Waals surface area contributed by atoms with Gasteiger partial charge in [-0.25, -0.2) is 4.79 Å². The molecule has 14 nitrogen and oxygen atoms in total.